The molecule has 26 heavy (non-hydrogen) atoms. The van der Waals surface area contributed by atoms with E-state index in [1.54, 1.807) is 0 Å². The van der Waals surface area contributed by atoms with Gasteiger partial charge < -0.3 is 9.88 Å². The number of fused-ring (bicyclic) bond motifs is 1. The predicted molar refractivity (Wildman–Crippen MR) is 104 cm³/mol. The van der Waals surface area contributed by atoms with E-state index >= 15 is 0 Å². The Morgan fingerprint density at radius 2 is 2.00 bits per heavy atom. The number of rotatable bonds is 3. The molecule has 0 aliphatic carbocycles. The number of benzene rings is 1. The van der Waals surface area contributed by atoms with Gasteiger partial charge in [0.1, 0.15) is 5.82 Å². The number of H-pyrrole nitrogens is 1. The highest BCUT2D eigenvalue weighted by atomic mass is 16.2. The van der Waals surface area contributed by atoms with E-state index in [-0.39, 0.29) is 0 Å². The molecule has 4 rings (SSSR count). The standard InChI is InChI=1S/C21H30N4O/c1-15(2)25-14-21(7-6-20(25)26)8-10-24(11-9-21)13-19-22-17-5-4-16(3)12-18(17)23-19/h4-5,12,15H,6-11,13-14H2,1-3H3,(H,22,23). The summed E-state index contributed by atoms with van der Waals surface area (Å²) in [7, 11) is 0. The molecular formula is C21H30N4O. The van der Waals surface area contributed by atoms with Gasteiger partial charge in [-0.05, 0) is 76.2 Å². The molecule has 0 unspecified atom stereocenters. The van der Waals surface area contributed by atoms with Crippen LogP contribution in [0.5, 0.6) is 0 Å². The number of likely N-dealkylation sites (tertiary alicyclic amines) is 2. The topological polar surface area (TPSA) is 52.2 Å². The molecule has 5 heteroatoms. The molecule has 2 aliphatic heterocycles. The third-order valence-electron chi connectivity index (χ3n) is 6.30. The van der Waals surface area contributed by atoms with E-state index in [9.17, 15) is 4.79 Å². The molecule has 0 radical (unpaired) electrons. The van der Waals surface area contributed by atoms with Crippen LogP contribution >= 0.6 is 0 Å². The number of hydrogen-bond donors (Lipinski definition) is 1. The molecule has 140 valence electrons. The summed E-state index contributed by atoms with van der Waals surface area (Å²) in [6.45, 7) is 10.4. The highest BCUT2D eigenvalue weighted by Crippen LogP contribution is 2.41. The smallest absolute Gasteiger partial charge is 0.222 e. The maximum absolute atomic E-state index is 12.2. The second-order valence-electron chi connectivity index (χ2n) is 8.60. The molecule has 5 nitrogen and oxygen atoms in total. The van der Waals surface area contributed by atoms with Crippen LogP contribution in [0.25, 0.3) is 11.0 Å². The molecular weight excluding hydrogens is 324 g/mol. The number of carbonyl (C=O) groups excluding carboxylic acids is 1. The van der Waals surface area contributed by atoms with Crippen molar-refractivity contribution in [1.82, 2.24) is 19.8 Å². The molecule has 0 atom stereocenters. The van der Waals surface area contributed by atoms with Crippen molar-refractivity contribution in [3.63, 3.8) is 0 Å². The largest absolute Gasteiger partial charge is 0.341 e. The minimum absolute atomic E-state index is 0.316. The molecule has 0 bridgehead atoms. The number of piperidine rings is 2. The first-order chi connectivity index (χ1) is 12.4. The molecule has 2 fully saturated rings. The fourth-order valence-corrected chi connectivity index (χ4v) is 4.57. The van der Waals surface area contributed by atoms with Crippen LogP contribution in [-0.2, 0) is 11.3 Å². The molecule has 1 spiro atoms. The van der Waals surface area contributed by atoms with E-state index in [4.69, 9.17) is 4.98 Å². The van der Waals surface area contributed by atoms with Crippen LogP contribution in [0.4, 0.5) is 0 Å². The number of aromatic amines is 1. The second-order valence-corrected chi connectivity index (χ2v) is 8.60. The van der Waals surface area contributed by atoms with Gasteiger partial charge in [-0.3, -0.25) is 9.69 Å². The minimum atomic E-state index is 0.316. The van der Waals surface area contributed by atoms with Crippen molar-refractivity contribution in [2.45, 2.75) is 59.0 Å². The lowest BCUT2D eigenvalue weighted by Gasteiger charge is -2.48. The van der Waals surface area contributed by atoms with Gasteiger partial charge in [0, 0.05) is 19.0 Å². The maximum atomic E-state index is 12.2. The summed E-state index contributed by atoms with van der Waals surface area (Å²) in [4.78, 5) is 25.0. The van der Waals surface area contributed by atoms with Crippen molar-refractivity contribution >= 4 is 16.9 Å². The van der Waals surface area contributed by atoms with Gasteiger partial charge >= 0.3 is 0 Å². The maximum Gasteiger partial charge on any atom is 0.222 e. The Kier molecular flexibility index (Phi) is 4.51. The second kappa shape index (κ2) is 6.69. The number of amides is 1. The number of hydrogen-bond acceptors (Lipinski definition) is 3. The third kappa shape index (κ3) is 3.37. The Hall–Kier alpha value is -1.88. The van der Waals surface area contributed by atoms with Crippen molar-refractivity contribution in [3.05, 3.63) is 29.6 Å². The Morgan fingerprint density at radius 3 is 2.73 bits per heavy atom. The lowest BCUT2D eigenvalue weighted by molar-refractivity contribution is -0.141. The van der Waals surface area contributed by atoms with E-state index < -0.39 is 0 Å². The van der Waals surface area contributed by atoms with E-state index in [0.717, 1.165) is 55.9 Å². The highest BCUT2D eigenvalue weighted by molar-refractivity contribution is 5.77. The summed E-state index contributed by atoms with van der Waals surface area (Å²) in [6.07, 6.45) is 4.15. The third-order valence-corrected chi connectivity index (χ3v) is 6.30. The van der Waals surface area contributed by atoms with Gasteiger partial charge in [-0.25, -0.2) is 4.98 Å². The summed E-state index contributed by atoms with van der Waals surface area (Å²) >= 11 is 0. The number of carbonyl (C=O) groups is 1. The van der Waals surface area contributed by atoms with Crippen LogP contribution in [0.2, 0.25) is 0 Å². The van der Waals surface area contributed by atoms with Crippen molar-refractivity contribution in [3.8, 4) is 0 Å². The minimum Gasteiger partial charge on any atom is -0.341 e. The zero-order valence-electron chi connectivity index (χ0n) is 16.2. The lowest BCUT2D eigenvalue weighted by Crippen LogP contribution is -2.53. The first kappa shape index (κ1) is 17.5. The fraction of sp³-hybridized carbons (Fsp3) is 0.619. The van der Waals surface area contributed by atoms with Gasteiger partial charge in [0.15, 0.2) is 0 Å². The van der Waals surface area contributed by atoms with Gasteiger partial charge in [-0.15, -0.1) is 0 Å². The van der Waals surface area contributed by atoms with Crippen LogP contribution in [0.3, 0.4) is 0 Å². The van der Waals surface area contributed by atoms with Gasteiger partial charge in [0.05, 0.1) is 17.6 Å². The Balaban J connectivity index is 1.39. The van der Waals surface area contributed by atoms with E-state index in [1.165, 1.54) is 18.4 Å². The van der Waals surface area contributed by atoms with Crippen LogP contribution in [0.1, 0.15) is 50.9 Å². The quantitative estimate of drug-likeness (QED) is 0.918. The van der Waals surface area contributed by atoms with E-state index in [1.807, 2.05) is 0 Å². The van der Waals surface area contributed by atoms with E-state index in [0.29, 0.717) is 17.4 Å². The molecule has 3 heterocycles. The molecule has 0 saturated carbocycles. The predicted octanol–water partition coefficient (Wildman–Crippen LogP) is 3.48. The van der Waals surface area contributed by atoms with Gasteiger partial charge in [-0.1, -0.05) is 6.07 Å². The molecule has 2 aromatic rings. The number of aryl methyl sites for hydroxylation is 1. The molecule has 2 aliphatic rings. The number of nitrogens with one attached hydrogen (secondary N) is 1. The summed E-state index contributed by atoms with van der Waals surface area (Å²) in [5.74, 6) is 1.40. The summed E-state index contributed by atoms with van der Waals surface area (Å²) < 4.78 is 0. The first-order valence-electron chi connectivity index (χ1n) is 9.91. The number of aromatic nitrogens is 2. The summed E-state index contributed by atoms with van der Waals surface area (Å²) in [5, 5.41) is 0. The van der Waals surface area contributed by atoms with Crippen molar-refractivity contribution in [2.75, 3.05) is 19.6 Å². The van der Waals surface area contributed by atoms with Crippen molar-refractivity contribution in [1.29, 1.82) is 0 Å². The Labute approximate surface area is 155 Å². The zero-order valence-corrected chi connectivity index (χ0v) is 16.2. The Bertz CT molecular complexity index is 801. The van der Waals surface area contributed by atoms with Crippen LogP contribution < -0.4 is 0 Å². The molecule has 1 amide bonds. The fourth-order valence-electron chi connectivity index (χ4n) is 4.57. The molecule has 2 saturated heterocycles. The monoisotopic (exact) mass is 354 g/mol. The number of nitrogens with zero attached hydrogens (tertiary/aromatic N) is 3. The molecule has 1 N–H and O–H groups in total. The summed E-state index contributed by atoms with van der Waals surface area (Å²) in [6, 6.07) is 6.69. The zero-order chi connectivity index (χ0) is 18.3. The van der Waals surface area contributed by atoms with Gasteiger partial charge in [0.2, 0.25) is 5.91 Å². The SMILES string of the molecule is Cc1ccc2nc(CN3CCC4(CCC(=O)N(C(C)C)C4)CC3)[nH]c2c1. The number of imidazole rings is 1. The molecule has 1 aromatic carbocycles. The van der Waals surface area contributed by atoms with Gasteiger partial charge in [-0.2, -0.15) is 0 Å². The first-order valence-corrected chi connectivity index (χ1v) is 9.91. The lowest BCUT2D eigenvalue weighted by atomic mass is 9.72. The van der Waals surface area contributed by atoms with Crippen LogP contribution in [0.15, 0.2) is 18.2 Å². The van der Waals surface area contributed by atoms with Crippen LogP contribution in [-0.4, -0.2) is 51.4 Å². The average Bonchev–Trinajstić information content (AvgIpc) is 3.00. The van der Waals surface area contributed by atoms with Crippen LogP contribution in [0, 0.1) is 12.3 Å². The summed E-state index contributed by atoms with van der Waals surface area (Å²) in [5.41, 5.74) is 3.78. The van der Waals surface area contributed by atoms with Gasteiger partial charge in [0.25, 0.3) is 0 Å². The van der Waals surface area contributed by atoms with E-state index in [2.05, 4.69) is 53.8 Å². The highest BCUT2D eigenvalue weighted by Gasteiger charge is 2.41. The normalized spacial score (nSPS) is 21.2. The van der Waals surface area contributed by atoms with Crippen molar-refractivity contribution in [2.24, 2.45) is 5.41 Å². The Morgan fingerprint density at radius 1 is 1.23 bits per heavy atom. The van der Waals surface area contributed by atoms with Crippen molar-refractivity contribution < 1.29 is 4.79 Å². The average molecular weight is 354 g/mol. The molecule has 1 aromatic heterocycles.